The minimum Gasteiger partial charge on any atom is -0.370 e. The van der Waals surface area contributed by atoms with E-state index in [0.29, 0.717) is 6.42 Å². The van der Waals surface area contributed by atoms with Gasteiger partial charge in [0.2, 0.25) is 11.8 Å². The smallest absolute Gasteiger partial charge is 0.223 e. The first-order valence-corrected chi connectivity index (χ1v) is 10.6. The van der Waals surface area contributed by atoms with Gasteiger partial charge >= 0.3 is 0 Å². The predicted octanol–water partition coefficient (Wildman–Crippen LogP) is 4.98. The average molecular weight is 353 g/mol. The second-order valence-corrected chi connectivity index (χ2v) is 8.06. The molecule has 25 heavy (non-hydrogen) atoms. The number of primary amides is 2. The van der Waals surface area contributed by atoms with Gasteiger partial charge in [-0.25, -0.2) is 0 Å². The Labute approximate surface area is 154 Å². The second-order valence-electron chi connectivity index (χ2n) is 8.06. The van der Waals surface area contributed by atoms with E-state index in [9.17, 15) is 9.59 Å². The van der Waals surface area contributed by atoms with Crippen LogP contribution in [0.2, 0.25) is 0 Å². The number of carbonyl (C=O) groups excluding carboxylic acids is 2. The number of amides is 2. The zero-order valence-corrected chi connectivity index (χ0v) is 16.2. The van der Waals surface area contributed by atoms with E-state index in [1.165, 1.54) is 51.4 Å². The van der Waals surface area contributed by atoms with Crippen LogP contribution in [0.5, 0.6) is 0 Å². The molecule has 0 heterocycles. The van der Waals surface area contributed by atoms with Crippen LogP contribution in [-0.2, 0) is 9.59 Å². The molecule has 1 fully saturated rings. The number of nitrogens with two attached hydrogens (primary N) is 2. The van der Waals surface area contributed by atoms with Crippen molar-refractivity contribution in [2.75, 3.05) is 0 Å². The van der Waals surface area contributed by atoms with Crippen LogP contribution in [0.15, 0.2) is 0 Å². The minimum absolute atomic E-state index is 0.0838. The van der Waals surface area contributed by atoms with Crippen LogP contribution in [0.4, 0.5) is 0 Å². The first-order chi connectivity index (χ1) is 12.1. The van der Waals surface area contributed by atoms with E-state index < -0.39 is 0 Å². The Morgan fingerprint density at radius 3 is 1.52 bits per heavy atom. The van der Waals surface area contributed by atoms with Crippen LogP contribution in [-0.4, -0.2) is 11.8 Å². The first-order valence-electron chi connectivity index (χ1n) is 10.6. The second kappa shape index (κ2) is 13.2. The van der Waals surface area contributed by atoms with E-state index in [1.54, 1.807) is 0 Å². The van der Waals surface area contributed by atoms with Crippen molar-refractivity contribution in [3.8, 4) is 0 Å². The summed E-state index contributed by atoms with van der Waals surface area (Å²) in [6.07, 6.45) is 20.0. The zero-order valence-electron chi connectivity index (χ0n) is 16.2. The van der Waals surface area contributed by atoms with Crippen molar-refractivity contribution in [3.63, 3.8) is 0 Å². The van der Waals surface area contributed by atoms with Crippen molar-refractivity contribution in [2.45, 2.75) is 116 Å². The molecule has 0 aromatic carbocycles. The molecule has 0 atom stereocenters. The van der Waals surface area contributed by atoms with Crippen molar-refractivity contribution < 1.29 is 9.59 Å². The van der Waals surface area contributed by atoms with E-state index in [1.807, 2.05) is 0 Å². The number of rotatable bonds is 8. The highest BCUT2D eigenvalue weighted by atomic mass is 16.1. The Morgan fingerprint density at radius 2 is 1.08 bits per heavy atom. The molecule has 4 nitrogen and oxygen atoms in total. The van der Waals surface area contributed by atoms with Crippen molar-refractivity contribution >= 4 is 11.8 Å². The fourth-order valence-electron chi connectivity index (χ4n) is 4.20. The Balaban J connectivity index is 2.49. The third-order valence-corrected chi connectivity index (χ3v) is 5.91. The molecule has 1 aliphatic carbocycles. The van der Waals surface area contributed by atoms with Gasteiger partial charge in [0.25, 0.3) is 0 Å². The summed E-state index contributed by atoms with van der Waals surface area (Å²) >= 11 is 0. The van der Waals surface area contributed by atoms with Crippen LogP contribution >= 0.6 is 0 Å². The van der Waals surface area contributed by atoms with Crippen LogP contribution in [0, 0.1) is 5.41 Å². The van der Waals surface area contributed by atoms with Crippen molar-refractivity contribution in [1.29, 1.82) is 0 Å². The van der Waals surface area contributed by atoms with Gasteiger partial charge in [0.15, 0.2) is 0 Å². The molecular formula is C21H40N2O2. The molecule has 0 spiro atoms. The van der Waals surface area contributed by atoms with Gasteiger partial charge in [0.1, 0.15) is 0 Å². The van der Waals surface area contributed by atoms with E-state index in [0.717, 1.165) is 57.8 Å². The Kier molecular flexibility index (Phi) is 11.6. The van der Waals surface area contributed by atoms with Crippen molar-refractivity contribution in [2.24, 2.45) is 16.9 Å². The van der Waals surface area contributed by atoms with Gasteiger partial charge in [0.05, 0.1) is 0 Å². The molecule has 0 aliphatic heterocycles. The molecule has 0 radical (unpaired) electrons. The van der Waals surface area contributed by atoms with Crippen LogP contribution in [0.3, 0.4) is 0 Å². The summed E-state index contributed by atoms with van der Waals surface area (Å²) in [7, 11) is 0. The first kappa shape index (κ1) is 22.0. The maximum absolute atomic E-state index is 12.3. The normalized spacial score (nSPS) is 20.0. The summed E-state index contributed by atoms with van der Waals surface area (Å²) in [6, 6.07) is 0. The highest BCUT2D eigenvalue weighted by Gasteiger charge is 2.34. The number of hydrogen-bond donors (Lipinski definition) is 2. The van der Waals surface area contributed by atoms with Gasteiger partial charge in [-0.3, -0.25) is 9.59 Å². The van der Waals surface area contributed by atoms with E-state index in [2.05, 4.69) is 0 Å². The van der Waals surface area contributed by atoms with E-state index >= 15 is 0 Å². The molecule has 4 N–H and O–H groups in total. The summed E-state index contributed by atoms with van der Waals surface area (Å²) in [6.45, 7) is 0. The summed E-state index contributed by atoms with van der Waals surface area (Å²) in [5.74, 6) is -0.302. The van der Waals surface area contributed by atoms with Gasteiger partial charge in [-0.05, 0) is 25.7 Å². The topological polar surface area (TPSA) is 86.2 Å². The van der Waals surface area contributed by atoms with Gasteiger partial charge < -0.3 is 11.5 Å². The summed E-state index contributed by atoms with van der Waals surface area (Å²) < 4.78 is 0. The molecule has 1 aliphatic rings. The summed E-state index contributed by atoms with van der Waals surface area (Å²) in [5.41, 5.74) is 10.8. The molecule has 2 amide bonds. The van der Waals surface area contributed by atoms with Crippen molar-refractivity contribution in [1.82, 2.24) is 0 Å². The number of unbranched alkanes of at least 4 members (excludes halogenated alkanes) is 3. The summed E-state index contributed by atoms with van der Waals surface area (Å²) in [5, 5.41) is 0. The molecule has 0 unspecified atom stereocenters. The molecule has 0 aromatic rings. The maximum Gasteiger partial charge on any atom is 0.223 e. The fourth-order valence-corrected chi connectivity index (χ4v) is 4.20. The average Bonchev–Trinajstić information content (AvgIpc) is 2.59. The Morgan fingerprint density at radius 1 is 0.640 bits per heavy atom. The number of carbonyl (C=O) groups is 2. The standard InChI is InChI=1S/C21H40N2O2/c22-19(24)15-11-7-10-14-18-21(20(23)25)16-12-8-5-3-1-2-4-6-9-13-17-21/h1-18H2,(H2,22,24)(H2,23,25). The van der Waals surface area contributed by atoms with Gasteiger partial charge in [0, 0.05) is 11.8 Å². The summed E-state index contributed by atoms with van der Waals surface area (Å²) in [4.78, 5) is 23.1. The van der Waals surface area contributed by atoms with Gasteiger partial charge in [-0.1, -0.05) is 83.5 Å². The molecule has 0 saturated heterocycles. The van der Waals surface area contributed by atoms with Crippen LogP contribution < -0.4 is 11.5 Å². The molecule has 1 saturated carbocycles. The quantitative estimate of drug-likeness (QED) is 0.604. The minimum atomic E-state index is -0.294. The maximum atomic E-state index is 12.3. The SMILES string of the molecule is NC(=O)CCCCCCC1(C(N)=O)CCCCCCCCCCCC1. The molecule has 4 heteroatoms. The lowest BCUT2D eigenvalue weighted by Gasteiger charge is -2.31. The van der Waals surface area contributed by atoms with E-state index in [4.69, 9.17) is 11.5 Å². The monoisotopic (exact) mass is 352 g/mol. The zero-order chi connectivity index (χ0) is 18.4. The largest absolute Gasteiger partial charge is 0.370 e. The highest BCUT2D eigenvalue weighted by Crippen LogP contribution is 2.37. The molecule has 146 valence electrons. The van der Waals surface area contributed by atoms with Crippen molar-refractivity contribution in [3.05, 3.63) is 0 Å². The predicted molar refractivity (Wildman–Crippen MR) is 104 cm³/mol. The molecule has 1 rings (SSSR count). The molecule has 0 bridgehead atoms. The number of hydrogen-bond acceptors (Lipinski definition) is 2. The molecular weight excluding hydrogens is 312 g/mol. The lowest BCUT2D eigenvalue weighted by atomic mass is 9.73. The Bertz CT molecular complexity index is 368. The van der Waals surface area contributed by atoms with Crippen LogP contribution in [0.25, 0.3) is 0 Å². The van der Waals surface area contributed by atoms with Gasteiger partial charge in [-0.2, -0.15) is 0 Å². The third kappa shape index (κ3) is 9.86. The molecule has 0 aromatic heterocycles. The van der Waals surface area contributed by atoms with Gasteiger partial charge in [-0.15, -0.1) is 0 Å². The lowest BCUT2D eigenvalue weighted by Crippen LogP contribution is -2.37. The Hall–Kier alpha value is -1.06. The van der Waals surface area contributed by atoms with Crippen LogP contribution in [0.1, 0.15) is 116 Å². The fraction of sp³-hybridized carbons (Fsp3) is 0.905. The van der Waals surface area contributed by atoms with E-state index in [-0.39, 0.29) is 17.2 Å². The third-order valence-electron chi connectivity index (χ3n) is 5.91. The highest BCUT2D eigenvalue weighted by molar-refractivity contribution is 5.80. The lowest BCUT2D eigenvalue weighted by molar-refractivity contribution is -0.129.